The van der Waals surface area contributed by atoms with E-state index in [2.05, 4.69) is 210 Å². The molecule has 0 amide bonds. The zero-order valence-electron chi connectivity index (χ0n) is 35.8. The number of nitrogens with zero attached hydrogens (tertiary/aromatic N) is 4. The molecule has 57 heavy (non-hydrogen) atoms. The number of benzene rings is 5. The first-order chi connectivity index (χ1) is 26.7. The van der Waals surface area contributed by atoms with Crippen LogP contribution in [0.1, 0.15) is 105 Å². The molecule has 0 N–H and O–H groups in total. The van der Waals surface area contributed by atoms with Gasteiger partial charge in [0.05, 0.1) is 11.0 Å². The van der Waals surface area contributed by atoms with Gasteiger partial charge in [-0.2, -0.15) is 9.18 Å². The first-order valence-corrected chi connectivity index (χ1v) is 20.5. The lowest BCUT2D eigenvalue weighted by Gasteiger charge is -2.41. The minimum atomic E-state index is -0.00910. The molecule has 9 rings (SSSR count). The minimum Gasteiger partial charge on any atom is -0.457 e. The predicted molar refractivity (Wildman–Crippen MR) is 240 cm³/mol. The van der Waals surface area contributed by atoms with Crippen LogP contribution in [0.4, 0.5) is 22.7 Å². The van der Waals surface area contributed by atoms with Crippen molar-refractivity contribution >= 4 is 44.6 Å². The van der Waals surface area contributed by atoms with Gasteiger partial charge in [0.25, 0.3) is 0 Å². The Bertz CT molecular complexity index is 2750. The Kier molecular flexibility index (Phi) is 7.96. The summed E-state index contributed by atoms with van der Waals surface area (Å²) in [6.07, 6.45) is 1.94. The van der Waals surface area contributed by atoms with Gasteiger partial charge < -0.3 is 4.74 Å². The van der Waals surface area contributed by atoms with E-state index in [-0.39, 0.29) is 21.7 Å². The van der Waals surface area contributed by atoms with E-state index in [1.54, 1.807) is 0 Å². The molecule has 0 radical (unpaired) electrons. The van der Waals surface area contributed by atoms with E-state index in [0.29, 0.717) is 9.18 Å². The third-order valence-electron chi connectivity index (χ3n) is 12.4. The molecule has 1 fully saturated rings. The van der Waals surface area contributed by atoms with Crippen LogP contribution in [0, 0.1) is 6.67 Å². The molecule has 5 heteroatoms. The molecular weight excluding hydrogens is 697 g/mol. The first-order valence-electron chi connectivity index (χ1n) is 20.5. The fourth-order valence-corrected chi connectivity index (χ4v) is 8.83. The van der Waals surface area contributed by atoms with Crippen LogP contribution in [0.3, 0.4) is 0 Å². The Hall–Kier alpha value is -5.23. The second-order valence-electron chi connectivity index (χ2n) is 20.5. The molecule has 4 heterocycles. The number of aromatic nitrogens is 2. The maximum absolute atomic E-state index is 6.84. The zero-order chi connectivity index (χ0) is 40.5. The van der Waals surface area contributed by atoms with Gasteiger partial charge in [-0.15, -0.1) is 0 Å². The molecule has 1 unspecified atom stereocenters. The highest BCUT2D eigenvalue weighted by Crippen LogP contribution is 2.75. The Labute approximate surface area is 339 Å². The van der Waals surface area contributed by atoms with Crippen LogP contribution in [0.25, 0.3) is 27.6 Å². The van der Waals surface area contributed by atoms with E-state index < -0.39 is 0 Å². The van der Waals surface area contributed by atoms with Crippen LogP contribution in [0.15, 0.2) is 121 Å². The molecule has 7 aromatic rings. The van der Waals surface area contributed by atoms with Crippen molar-refractivity contribution in [3.05, 3.63) is 150 Å². The fourth-order valence-electron chi connectivity index (χ4n) is 8.83. The van der Waals surface area contributed by atoms with Gasteiger partial charge in [-0.1, -0.05) is 119 Å². The molecule has 0 spiro atoms. The van der Waals surface area contributed by atoms with Crippen molar-refractivity contribution in [3.63, 3.8) is 0 Å². The second kappa shape index (κ2) is 12.1. The van der Waals surface area contributed by atoms with Crippen molar-refractivity contribution < 1.29 is 4.74 Å². The Morgan fingerprint density at radius 1 is 0.474 bits per heavy atom. The Morgan fingerprint density at radius 3 is 1.68 bits per heavy atom. The molecule has 0 saturated carbocycles. The van der Waals surface area contributed by atoms with Gasteiger partial charge in [0.15, 0.2) is 18.0 Å². The number of rotatable bonds is 5. The molecule has 5 nitrogen and oxygen atoms in total. The zero-order valence-corrected chi connectivity index (χ0v) is 35.8. The fraction of sp³-hybridized carbons (Fsp3) is 0.308. The van der Waals surface area contributed by atoms with E-state index in [0.717, 1.165) is 28.4 Å². The van der Waals surface area contributed by atoms with E-state index in [1.807, 2.05) is 6.20 Å². The van der Waals surface area contributed by atoms with Crippen molar-refractivity contribution in [1.29, 1.82) is 0 Å². The van der Waals surface area contributed by atoms with E-state index in [4.69, 9.17) is 9.72 Å². The smallest absolute Gasteiger partial charge is 0.225 e. The quantitative estimate of drug-likeness (QED) is 0.0994. The van der Waals surface area contributed by atoms with Gasteiger partial charge in [-0.05, 0) is 80.3 Å². The molecule has 290 valence electrons. The van der Waals surface area contributed by atoms with E-state index in [9.17, 15) is 0 Å². The molecule has 2 aliphatic heterocycles. The van der Waals surface area contributed by atoms with Crippen molar-refractivity contribution in [2.45, 2.75) is 105 Å². The van der Waals surface area contributed by atoms with Gasteiger partial charge in [-0.3, -0.25) is 4.57 Å². The number of hydrogen-bond acceptors (Lipinski definition) is 2. The summed E-state index contributed by atoms with van der Waals surface area (Å²) in [6.45, 7) is 29.8. The third-order valence-corrected chi connectivity index (χ3v) is 12.4. The van der Waals surface area contributed by atoms with Gasteiger partial charge in [0.1, 0.15) is 17.3 Å². The second-order valence-corrected chi connectivity index (χ2v) is 20.5. The van der Waals surface area contributed by atoms with Crippen molar-refractivity contribution in [3.8, 4) is 17.3 Å². The first kappa shape index (κ1) is 37.4. The molecule has 2 aliphatic rings. The topological polar surface area (TPSA) is 27.1 Å². The van der Waals surface area contributed by atoms with Crippen LogP contribution < -0.4 is 13.9 Å². The maximum atomic E-state index is 6.84. The molecule has 0 bridgehead atoms. The summed E-state index contributed by atoms with van der Waals surface area (Å²) in [4.78, 5) is 4.96. The summed E-state index contributed by atoms with van der Waals surface area (Å²) in [5.41, 5.74) is 12.7. The average Bonchev–Trinajstić information content (AvgIpc) is 3.64. The highest BCUT2D eigenvalue weighted by Gasteiger charge is 2.78. The normalized spacial score (nSPS) is 19.3. The number of fused-ring (bicyclic) bond motifs is 7. The Morgan fingerprint density at radius 2 is 1.00 bits per heavy atom. The Balaban J connectivity index is 1.15. The lowest BCUT2D eigenvalue weighted by molar-refractivity contribution is 0.421. The van der Waals surface area contributed by atoms with E-state index in [1.165, 1.54) is 55.8 Å². The van der Waals surface area contributed by atoms with Crippen molar-refractivity contribution in [1.82, 2.24) is 18.7 Å². The molecule has 1 saturated heterocycles. The minimum absolute atomic E-state index is 0.00791. The molecular formula is C52H57N4O+. The standard InChI is InChI=1S/C52H57N4O/c1-49(2,3)34-15-13-16-38(27-34)56-33-55(56,46-24-20-36(29-47(46)56)51(7,8)9)39-17-14-18-40(31-39)57-41-21-23-43-42-22-19-35(50(4,5)6)28-44(42)54(45(43)32-41)48-30-37(25-26-53-48)52(10,11)12/h13-33H,1-12H3/q+1/t55?,56-/m0/s1. The average molecular weight is 754 g/mol. The van der Waals surface area contributed by atoms with Crippen LogP contribution >= 0.6 is 0 Å². The summed E-state index contributed by atoms with van der Waals surface area (Å²) in [7, 11) is 0. The molecule has 2 atom stereocenters. The van der Waals surface area contributed by atoms with Gasteiger partial charge in [0, 0.05) is 59.4 Å². The SMILES string of the molecule is CC(C)(C)c1cccc([N@+]23[CH-][N+]2(c2cccc(Oc4ccc5c6ccc(C(C)(C)C)cc6n(-c6cc(C(C)(C)C)ccn6)c5c4)c2)c2ccc(C(C)(C)C)cc23)c1. The number of ether oxygens (including phenoxy) is 1. The summed E-state index contributed by atoms with van der Waals surface area (Å²) < 4.78 is 10.5. The van der Waals surface area contributed by atoms with Crippen LogP contribution in [0.2, 0.25) is 0 Å². The number of hydrogen-bond donors (Lipinski definition) is 0. The highest BCUT2D eigenvalue weighted by molar-refractivity contribution is 6.09. The lowest BCUT2D eigenvalue weighted by Crippen LogP contribution is -2.46. The summed E-state index contributed by atoms with van der Waals surface area (Å²) in [5, 5.41) is 2.39. The van der Waals surface area contributed by atoms with Crippen LogP contribution in [0.5, 0.6) is 11.5 Å². The van der Waals surface area contributed by atoms with Crippen LogP contribution in [-0.2, 0) is 21.7 Å². The van der Waals surface area contributed by atoms with Gasteiger partial charge in [0.2, 0.25) is 11.4 Å². The number of quaternary nitrogens is 2. The molecule has 5 aromatic carbocycles. The summed E-state index contributed by atoms with van der Waals surface area (Å²) >= 11 is 0. The summed E-state index contributed by atoms with van der Waals surface area (Å²) in [6, 6.07) is 42.7. The molecule has 0 aliphatic carbocycles. The predicted octanol–water partition coefficient (Wildman–Crippen LogP) is 14.5. The molecule has 2 aromatic heterocycles. The third kappa shape index (κ3) is 5.76. The van der Waals surface area contributed by atoms with Crippen molar-refractivity contribution in [2.24, 2.45) is 0 Å². The number of pyridine rings is 1. The van der Waals surface area contributed by atoms with E-state index >= 15 is 0 Å². The lowest BCUT2D eigenvalue weighted by atomic mass is 9.85. The largest absolute Gasteiger partial charge is 0.457 e. The van der Waals surface area contributed by atoms with Gasteiger partial charge in [-0.25, -0.2) is 4.98 Å². The van der Waals surface area contributed by atoms with Crippen molar-refractivity contribution in [2.75, 3.05) is 0 Å². The summed E-state index contributed by atoms with van der Waals surface area (Å²) in [5.74, 6) is 2.52. The monoisotopic (exact) mass is 753 g/mol. The maximum Gasteiger partial charge on any atom is 0.225 e. The highest BCUT2D eigenvalue weighted by atomic mass is 16.5. The van der Waals surface area contributed by atoms with Gasteiger partial charge >= 0.3 is 0 Å². The van der Waals surface area contributed by atoms with Crippen LogP contribution in [-0.4, -0.2) is 9.55 Å².